The second-order valence-electron chi connectivity index (χ2n) is 7.40. The molecule has 4 rings (SSSR count). The minimum Gasteiger partial charge on any atom is -0.482 e. The van der Waals surface area contributed by atoms with Crippen LogP contribution in [0.3, 0.4) is 0 Å². The number of carbonyl (C=O) groups is 4. The van der Waals surface area contributed by atoms with E-state index in [4.69, 9.17) is 9.47 Å². The molecule has 0 spiro atoms. The maximum atomic E-state index is 12.7. The average molecular weight is 437 g/mol. The van der Waals surface area contributed by atoms with Gasteiger partial charge in [0.2, 0.25) is 11.8 Å². The Kier molecular flexibility index (Phi) is 6.46. The van der Waals surface area contributed by atoms with E-state index in [1.54, 1.807) is 53.4 Å². The highest BCUT2D eigenvalue weighted by Gasteiger charge is 2.30. The summed E-state index contributed by atoms with van der Waals surface area (Å²) < 4.78 is 10.9. The number of benzene rings is 2. The molecule has 0 aromatic heterocycles. The first-order valence-corrected chi connectivity index (χ1v) is 10.4. The van der Waals surface area contributed by atoms with Crippen molar-refractivity contribution in [3.05, 3.63) is 54.1 Å². The quantitative estimate of drug-likeness (QED) is 0.692. The van der Waals surface area contributed by atoms with Crippen LogP contribution in [0.25, 0.3) is 0 Å². The molecule has 2 heterocycles. The number of rotatable bonds is 6. The van der Waals surface area contributed by atoms with Crippen LogP contribution in [0.15, 0.2) is 48.5 Å². The molecule has 32 heavy (non-hydrogen) atoms. The molecular formula is C23H23N3O6. The normalized spacial score (nSPS) is 16.2. The second-order valence-corrected chi connectivity index (χ2v) is 7.40. The number of anilines is 2. The lowest BCUT2D eigenvalue weighted by molar-refractivity contribution is -0.137. The SMILES string of the molecule is O=C(Nc1ccccc1OCC(=O)N1CCOCC1)c1ccc(N2C(=O)CCC2=O)cc1. The van der Waals surface area contributed by atoms with Gasteiger partial charge < -0.3 is 19.7 Å². The van der Waals surface area contributed by atoms with E-state index in [-0.39, 0.29) is 43.1 Å². The van der Waals surface area contributed by atoms with Crippen molar-refractivity contribution in [2.24, 2.45) is 0 Å². The van der Waals surface area contributed by atoms with E-state index >= 15 is 0 Å². The first kappa shape index (κ1) is 21.5. The number of ether oxygens (including phenoxy) is 2. The van der Waals surface area contributed by atoms with Gasteiger partial charge in [0.1, 0.15) is 5.75 Å². The Labute approximate surface area is 184 Å². The molecule has 2 aromatic carbocycles. The molecule has 166 valence electrons. The van der Waals surface area contributed by atoms with E-state index in [1.165, 1.54) is 0 Å². The molecule has 2 aliphatic heterocycles. The molecular weight excluding hydrogens is 414 g/mol. The number of amides is 4. The van der Waals surface area contributed by atoms with Gasteiger partial charge in [-0.25, -0.2) is 0 Å². The van der Waals surface area contributed by atoms with Gasteiger partial charge in [0.25, 0.3) is 11.8 Å². The number of hydrogen-bond donors (Lipinski definition) is 1. The predicted molar refractivity (Wildman–Crippen MR) is 115 cm³/mol. The van der Waals surface area contributed by atoms with Gasteiger partial charge in [-0.15, -0.1) is 0 Å². The van der Waals surface area contributed by atoms with E-state index in [2.05, 4.69) is 5.32 Å². The highest BCUT2D eigenvalue weighted by molar-refractivity contribution is 6.20. The Morgan fingerprint density at radius 3 is 2.28 bits per heavy atom. The lowest BCUT2D eigenvalue weighted by Crippen LogP contribution is -2.43. The third kappa shape index (κ3) is 4.78. The number of para-hydroxylation sites is 2. The number of carbonyl (C=O) groups excluding carboxylic acids is 4. The predicted octanol–water partition coefficient (Wildman–Crippen LogP) is 1.83. The van der Waals surface area contributed by atoms with E-state index in [1.807, 2.05) is 0 Å². The zero-order valence-electron chi connectivity index (χ0n) is 17.4. The summed E-state index contributed by atoms with van der Waals surface area (Å²) >= 11 is 0. The molecule has 0 atom stereocenters. The summed E-state index contributed by atoms with van der Waals surface area (Å²) in [6, 6.07) is 13.1. The Morgan fingerprint density at radius 1 is 0.938 bits per heavy atom. The fourth-order valence-electron chi connectivity index (χ4n) is 3.56. The number of nitrogens with one attached hydrogen (secondary N) is 1. The monoisotopic (exact) mass is 437 g/mol. The Morgan fingerprint density at radius 2 is 1.59 bits per heavy atom. The van der Waals surface area contributed by atoms with Crippen molar-refractivity contribution in [2.75, 3.05) is 43.1 Å². The molecule has 9 nitrogen and oxygen atoms in total. The van der Waals surface area contributed by atoms with Crippen molar-refractivity contribution in [2.45, 2.75) is 12.8 Å². The van der Waals surface area contributed by atoms with E-state index in [0.29, 0.717) is 49.0 Å². The molecule has 0 saturated carbocycles. The van der Waals surface area contributed by atoms with Crippen LogP contribution in [-0.2, 0) is 19.1 Å². The van der Waals surface area contributed by atoms with Crippen molar-refractivity contribution in [3.63, 3.8) is 0 Å². The molecule has 2 saturated heterocycles. The molecule has 0 unspecified atom stereocenters. The van der Waals surface area contributed by atoms with Crippen molar-refractivity contribution in [1.29, 1.82) is 0 Å². The summed E-state index contributed by atoms with van der Waals surface area (Å²) in [7, 11) is 0. The zero-order valence-corrected chi connectivity index (χ0v) is 17.4. The molecule has 1 N–H and O–H groups in total. The third-order valence-corrected chi connectivity index (χ3v) is 5.29. The van der Waals surface area contributed by atoms with Crippen molar-refractivity contribution >= 4 is 35.0 Å². The van der Waals surface area contributed by atoms with Crippen LogP contribution in [-0.4, -0.2) is 61.4 Å². The Bertz CT molecular complexity index is 1010. The van der Waals surface area contributed by atoms with E-state index in [0.717, 1.165) is 4.90 Å². The topological polar surface area (TPSA) is 105 Å². The fourth-order valence-corrected chi connectivity index (χ4v) is 3.56. The lowest BCUT2D eigenvalue weighted by Gasteiger charge is -2.26. The third-order valence-electron chi connectivity index (χ3n) is 5.29. The van der Waals surface area contributed by atoms with Gasteiger partial charge in [-0.1, -0.05) is 12.1 Å². The average Bonchev–Trinajstić information content (AvgIpc) is 3.16. The summed E-state index contributed by atoms with van der Waals surface area (Å²) in [5.74, 6) is -0.635. The summed E-state index contributed by atoms with van der Waals surface area (Å²) in [6.07, 6.45) is 0.401. The second kappa shape index (κ2) is 9.61. The number of nitrogens with zero attached hydrogens (tertiary/aromatic N) is 2. The number of imide groups is 1. The summed E-state index contributed by atoms with van der Waals surface area (Å²) in [4.78, 5) is 51.6. The highest BCUT2D eigenvalue weighted by Crippen LogP contribution is 2.26. The van der Waals surface area contributed by atoms with Gasteiger partial charge in [-0.05, 0) is 36.4 Å². The summed E-state index contributed by atoms with van der Waals surface area (Å²) in [5, 5.41) is 2.78. The van der Waals surface area contributed by atoms with Crippen molar-refractivity contribution < 1.29 is 28.7 Å². The smallest absolute Gasteiger partial charge is 0.260 e. The van der Waals surface area contributed by atoms with Crippen LogP contribution < -0.4 is 15.0 Å². The summed E-state index contributed by atoms with van der Waals surface area (Å²) in [6.45, 7) is 1.95. The molecule has 4 amide bonds. The minimum atomic E-state index is -0.383. The van der Waals surface area contributed by atoms with Gasteiger partial charge in [0, 0.05) is 31.5 Å². The molecule has 2 aromatic rings. The zero-order chi connectivity index (χ0) is 22.5. The molecule has 2 fully saturated rings. The molecule has 9 heteroatoms. The highest BCUT2D eigenvalue weighted by atomic mass is 16.5. The first-order valence-electron chi connectivity index (χ1n) is 10.4. The standard InChI is InChI=1S/C23H23N3O6/c27-20-9-10-21(28)26(20)17-7-5-16(6-8-17)23(30)24-18-3-1-2-4-19(18)32-15-22(29)25-11-13-31-14-12-25/h1-8H,9-15H2,(H,24,30). The Hall–Kier alpha value is -3.72. The Balaban J connectivity index is 1.39. The minimum absolute atomic E-state index is 0.139. The molecule has 0 aliphatic carbocycles. The number of hydrogen-bond acceptors (Lipinski definition) is 6. The van der Waals surface area contributed by atoms with E-state index < -0.39 is 0 Å². The summed E-state index contributed by atoms with van der Waals surface area (Å²) in [5.41, 5.74) is 1.23. The van der Waals surface area contributed by atoms with Gasteiger partial charge >= 0.3 is 0 Å². The van der Waals surface area contributed by atoms with Gasteiger partial charge in [-0.3, -0.25) is 24.1 Å². The lowest BCUT2D eigenvalue weighted by atomic mass is 10.1. The van der Waals surface area contributed by atoms with Gasteiger partial charge in [-0.2, -0.15) is 0 Å². The van der Waals surface area contributed by atoms with Gasteiger partial charge in [0.15, 0.2) is 6.61 Å². The fraction of sp³-hybridized carbons (Fsp3) is 0.304. The molecule has 0 radical (unpaired) electrons. The van der Waals surface area contributed by atoms with Crippen LogP contribution in [0.4, 0.5) is 11.4 Å². The van der Waals surface area contributed by atoms with Crippen LogP contribution in [0.1, 0.15) is 23.2 Å². The van der Waals surface area contributed by atoms with E-state index in [9.17, 15) is 19.2 Å². The van der Waals surface area contributed by atoms with Crippen molar-refractivity contribution in [1.82, 2.24) is 4.90 Å². The maximum Gasteiger partial charge on any atom is 0.260 e. The van der Waals surface area contributed by atoms with Crippen LogP contribution in [0.2, 0.25) is 0 Å². The van der Waals surface area contributed by atoms with Gasteiger partial charge in [0.05, 0.1) is 24.6 Å². The molecule has 0 bridgehead atoms. The van der Waals surface area contributed by atoms with Crippen LogP contribution in [0.5, 0.6) is 5.75 Å². The first-order chi connectivity index (χ1) is 15.5. The van der Waals surface area contributed by atoms with Crippen molar-refractivity contribution in [3.8, 4) is 5.75 Å². The maximum absolute atomic E-state index is 12.7. The van der Waals surface area contributed by atoms with Crippen LogP contribution in [0, 0.1) is 0 Å². The van der Waals surface area contributed by atoms with Crippen LogP contribution >= 0.6 is 0 Å². The number of morpholine rings is 1. The largest absolute Gasteiger partial charge is 0.482 e. The molecule has 2 aliphatic rings.